The number of carbonyl (C=O) groups is 1. The summed E-state index contributed by atoms with van der Waals surface area (Å²) in [7, 11) is 0. The molecule has 0 spiro atoms. The van der Waals surface area contributed by atoms with Crippen molar-refractivity contribution >= 4 is 55.1 Å². The molecule has 0 aromatic heterocycles. The maximum atomic E-state index is 13.1. The molecule has 0 radical (unpaired) electrons. The van der Waals surface area contributed by atoms with Crippen LogP contribution in [-0.4, -0.2) is 5.91 Å². The molecule has 0 heterocycles. The van der Waals surface area contributed by atoms with Gasteiger partial charge in [-0.25, -0.2) is 4.39 Å². The lowest BCUT2D eigenvalue weighted by molar-refractivity contribution is 0.102. The van der Waals surface area contributed by atoms with Crippen molar-refractivity contribution in [3.63, 3.8) is 0 Å². The summed E-state index contributed by atoms with van der Waals surface area (Å²) in [6, 6.07) is 8.95. The Morgan fingerprint density at radius 2 is 1.79 bits per heavy atom. The second kappa shape index (κ2) is 6.03. The summed E-state index contributed by atoms with van der Waals surface area (Å²) >= 11 is 12.4. The van der Waals surface area contributed by atoms with Crippen molar-refractivity contribution in [2.75, 3.05) is 5.32 Å². The van der Waals surface area contributed by atoms with Crippen LogP contribution >= 0.6 is 43.5 Å². The lowest BCUT2D eigenvalue weighted by Gasteiger charge is -2.08. The summed E-state index contributed by atoms with van der Waals surface area (Å²) < 4.78 is 14.4. The van der Waals surface area contributed by atoms with E-state index in [0.717, 1.165) is 4.47 Å². The number of hydrogen-bond acceptors (Lipinski definition) is 1. The van der Waals surface area contributed by atoms with E-state index in [1.807, 2.05) is 0 Å². The maximum absolute atomic E-state index is 13.1. The van der Waals surface area contributed by atoms with Gasteiger partial charge in [-0.2, -0.15) is 0 Å². The minimum absolute atomic E-state index is 0.221. The number of anilines is 1. The van der Waals surface area contributed by atoms with Crippen LogP contribution in [-0.2, 0) is 0 Å². The van der Waals surface area contributed by atoms with Gasteiger partial charge in [-0.05, 0) is 68.3 Å². The van der Waals surface area contributed by atoms with Gasteiger partial charge in [-0.1, -0.05) is 11.6 Å². The van der Waals surface area contributed by atoms with Gasteiger partial charge in [0.05, 0.1) is 10.6 Å². The molecule has 2 rings (SSSR count). The fraction of sp³-hybridized carbons (Fsp3) is 0. The fourth-order valence-corrected chi connectivity index (χ4v) is 2.30. The Morgan fingerprint density at radius 3 is 2.47 bits per heavy atom. The molecule has 0 saturated carbocycles. The van der Waals surface area contributed by atoms with Gasteiger partial charge in [0.2, 0.25) is 0 Å². The Kier molecular flexibility index (Phi) is 4.60. The van der Waals surface area contributed by atoms with Crippen molar-refractivity contribution in [3.8, 4) is 0 Å². The van der Waals surface area contributed by atoms with Crippen LogP contribution in [0, 0.1) is 5.82 Å². The minimum atomic E-state index is -0.470. The second-order valence-corrected chi connectivity index (χ2v) is 5.82. The zero-order valence-electron chi connectivity index (χ0n) is 9.38. The van der Waals surface area contributed by atoms with Crippen molar-refractivity contribution in [2.24, 2.45) is 0 Å². The summed E-state index contributed by atoms with van der Waals surface area (Å²) in [4.78, 5) is 12.0. The first-order valence-corrected chi connectivity index (χ1v) is 7.15. The lowest BCUT2D eigenvalue weighted by atomic mass is 10.2. The normalized spacial score (nSPS) is 10.3. The highest BCUT2D eigenvalue weighted by atomic mass is 79.9. The first-order chi connectivity index (χ1) is 8.97. The van der Waals surface area contributed by atoms with Crippen LogP contribution in [0.15, 0.2) is 45.3 Å². The zero-order chi connectivity index (χ0) is 14.0. The fourth-order valence-electron chi connectivity index (χ4n) is 1.44. The molecule has 2 aromatic carbocycles. The third kappa shape index (κ3) is 3.55. The minimum Gasteiger partial charge on any atom is -0.322 e. The molecule has 0 aliphatic heterocycles. The van der Waals surface area contributed by atoms with Crippen molar-refractivity contribution < 1.29 is 9.18 Å². The van der Waals surface area contributed by atoms with Gasteiger partial charge in [0.25, 0.3) is 5.91 Å². The van der Waals surface area contributed by atoms with Crippen molar-refractivity contribution in [3.05, 3.63) is 61.7 Å². The average Bonchev–Trinajstić information content (AvgIpc) is 2.36. The number of rotatable bonds is 2. The monoisotopic (exact) mass is 405 g/mol. The molecule has 2 nitrogen and oxygen atoms in total. The van der Waals surface area contributed by atoms with E-state index < -0.39 is 11.7 Å². The van der Waals surface area contributed by atoms with E-state index in [-0.39, 0.29) is 5.56 Å². The average molecular weight is 407 g/mol. The van der Waals surface area contributed by atoms with Crippen LogP contribution < -0.4 is 5.32 Å². The van der Waals surface area contributed by atoms with Gasteiger partial charge >= 0.3 is 0 Å². The summed E-state index contributed by atoms with van der Waals surface area (Å²) in [5, 5.41) is 3.14. The van der Waals surface area contributed by atoms with Crippen molar-refractivity contribution in [1.82, 2.24) is 0 Å². The molecule has 0 fully saturated rings. The van der Waals surface area contributed by atoms with Crippen LogP contribution in [0.2, 0.25) is 5.02 Å². The largest absolute Gasteiger partial charge is 0.322 e. The summed E-state index contributed by atoms with van der Waals surface area (Å²) in [6.07, 6.45) is 0. The zero-order valence-corrected chi connectivity index (χ0v) is 13.3. The van der Waals surface area contributed by atoms with E-state index in [0.29, 0.717) is 15.2 Å². The first kappa shape index (κ1) is 14.5. The molecule has 0 unspecified atom stereocenters. The number of hydrogen-bond donors (Lipinski definition) is 1. The van der Waals surface area contributed by atoms with Gasteiger partial charge in [-0.3, -0.25) is 4.79 Å². The SMILES string of the molecule is O=C(Nc1ccc(Br)c(Cl)c1)c1cc(F)ccc1Br. The highest BCUT2D eigenvalue weighted by Crippen LogP contribution is 2.26. The lowest BCUT2D eigenvalue weighted by Crippen LogP contribution is -2.12. The Hall–Kier alpha value is -0.910. The van der Waals surface area contributed by atoms with Crippen LogP contribution in [0.5, 0.6) is 0 Å². The Morgan fingerprint density at radius 1 is 1.11 bits per heavy atom. The Labute approximate surface area is 131 Å². The van der Waals surface area contributed by atoms with Crippen LogP contribution in [0.1, 0.15) is 10.4 Å². The number of halogens is 4. The first-order valence-electron chi connectivity index (χ1n) is 5.19. The molecule has 0 aliphatic carbocycles. The molecule has 0 bridgehead atoms. The predicted molar refractivity (Wildman–Crippen MR) is 81.2 cm³/mol. The van der Waals surface area contributed by atoms with Gasteiger partial charge in [0.15, 0.2) is 0 Å². The van der Waals surface area contributed by atoms with Crippen LogP contribution in [0.4, 0.5) is 10.1 Å². The number of benzene rings is 2. The van der Waals surface area contributed by atoms with Crippen molar-refractivity contribution in [2.45, 2.75) is 0 Å². The van der Waals surface area contributed by atoms with Gasteiger partial charge < -0.3 is 5.32 Å². The van der Waals surface area contributed by atoms with E-state index in [1.54, 1.807) is 18.2 Å². The van der Waals surface area contributed by atoms with E-state index >= 15 is 0 Å². The molecule has 0 saturated heterocycles. The molecule has 1 N–H and O–H groups in total. The van der Waals surface area contributed by atoms with Gasteiger partial charge in [0, 0.05) is 14.6 Å². The maximum Gasteiger partial charge on any atom is 0.256 e. The van der Waals surface area contributed by atoms with E-state index in [1.165, 1.54) is 18.2 Å². The highest BCUT2D eigenvalue weighted by molar-refractivity contribution is 9.10. The van der Waals surface area contributed by atoms with E-state index in [4.69, 9.17) is 11.6 Å². The summed E-state index contributed by atoms with van der Waals surface area (Å²) in [6.45, 7) is 0. The number of amides is 1. The molecule has 98 valence electrons. The number of carbonyl (C=O) groups excluding carboxylic acids is 1. The molecule has 0 aliphatic rings. The molecule has 2 aromatic rings. The van der Waals surface area contributed by atoms with Gasteiger partial charge in [-0.15, -0.1) is 0 Å². The Bertz CT molecular complexity index is 649. The molecular formula is C13H7Br2ClFNO. The second-order valence-electron chi connectivity index (χ2n) is 3.71. The standard InChI is InChI=1S/C13H7Br2ClFNO/c14-10-3-1-7(17)5-9(10)13(19)18-8-2-4-11(15)12(16)6-8/h1-6H,(H,18,19). The molecule has 19 heavy (non-hydrogen) atoms. The molecular weight excluding hydrogens is 400 g/mol. The summed E-state index contributed by atoms with van der Waals surface area (Å²) in [5.74, 6) is -0.882. The number of nitrogens with one attached hydrogen (secondary N) is 1. The van der Waals surface area contributed by atoms with E-state index in [9.17, 15) is 9.18 Å². The summed E-state index contributed by atoms with van der Waals surface area (Å²) in [5.41, 5.74) is 0.758. The Balaban J connectivity index is 2.25. The van der Waals surface area contributed by atoms with Crippen LogP contribution in [0.25, 0.3) is 0 Å². The quantitative estimate of drug-likeness (QED) is 0.723. The highest BCUT2D eigenvalue weighted by Gasteiger charge is 2.12. The predicted octanol–water partition coefficient (Wildman–Crippen LogP) is 5.26. The van der Waals surface area contributed by atoms with Crippen molar-refractivity contribution in [1.29, 1.82) is 0 Å². The van der Waals surface area contributed by atoms with Gasteiger partial charge in [0.1, 0.15) is 5.82 Å². The topological polar surface area (TPSA) is 29.1 Å². The third-order valence-corrected chi connectivity index (χ3v) is 4.27. The smallest absolute Gasteiger partial charge is 0.256 e. The third-order valence-electron chi connectivity index (χ3n) is 2.35. The molecule has 6 heteroatoms. The molecule has 1 amide bonds. The molecule has 0 atom stereocenters. The van der Waals surface area contributed by atoms with Crippen LogP contribution in [0.3, 0.4) is 0 Å². The van der Waals surface area contributed by atoms with E-state index in [2.05, 4.69) is 37.2 Å².